The Balaban J connectivity index is 1.67. The fourth-order valence-corrected chi connectivity index (χ4v) is 3.48. The lowest BCUT2D eigenvalue weighted by Crippen LogP contribution is -2.18. The van der Waals surface area contributed by atoms with E-state index in [-0.39, 0.29) is 6.04 Å². The maximum Gasteiger partial charge on any atom is 0.0831 e. The Morgan fingerprint density at radius 1 is 0.815 bits per heavy atom. The van der Waals surface area contributed by atoms with Crippen LogP contribution in [-0.4, -0.2) is 5.71 Å². The van der Waals surface area contributed by atoms with Crippen LogP contribution in [0.15, 0.2) is 90.0 Å². The topological polar surface area (TPSA) is 15.6 Å². The normalized spacial score (nSPS) is 16.7. The van der Waals surface area contributed by atoms with Gasteiger partial charge in [0.25, 0.3) is 0 Å². The van der Waals surface area contributed by atoms with Crippen LogP contribution in [0.3, 0.4) is 0 Å². The van der Waals surface area contributed by atoms with Crippen LogP contribution >= 0.6 is 23.2 Å². The predicted octanol–water partition coefficient (Wildman–Crippen LogP) is 7.01. The second-order valence-corrected chi connectivity index (χ2v) is 7.22. The fourth-order valence-electron chi connectivity index (χ4n) is 3.19. The number of nitrogens with zero attached hydrogens (tertiary/aromatic N) is 2. The standard InChI is InChI=1S/C23H18Cl2N2/c24-21-14-13-20(16-22(21)25)27-23(18-9-5-2-6-10-18)15-19(26-27)12-11-17-7-3-1-4-8-17/h1-14,16,23H,15H2/b12-11+/t23-/m0/s1. The van der Waals surface area contributed by atoms with Crippen molar-refractivity contribution in [3.8, 4) is 0 Å². The summed E-state index contributed by atoms with van der Waals surface area (Å²) in [6.07, 6.45) is 5.01. The molecule has 0 N–H and O–H groups in total. The van der Waals surface area contributed by atoms with Crippen LogP contribution in [0, 0.1) is 0 Å². The summed E-state index contributed by atoms with van der Waals surface area (Å²) in [6.45, 7) is 0. The van der Waals surface area contributed by atoms with Crippen molar-refractivity contribution in [2.45, 2.75) is 12.5 Å². The third-order valence-electron chi connectivity index (χ3n) is 4.55. The Morgan fingerprint density at radius 3 is 2.22 bits per heavy atom. The number of hydrogen-bond acceptors (Lipinski definition) is 2. The van der Waals surface area contributed by atoms with Crippen LogP contribution in [0.2, 0.25) is 10.0 Å². The Bertz CT molecular complexity index is 982. The molecular formula is C23H18Cl2N2. The van der Waals surface area contributed by atoms with Gasteiger partial charge < -0.3 is 0 Å². The van der Waals surface area contributed by atoms with E-state index in [0.717, 1.165) is 23.4 Å². The maximum atomic E-state index is 6.24. The lowest BCUT2D eigenvalue weighted by atomic mass is 10.0. The van der Waals surface area contributed by atoms with E-state index in [0.29, 0.717) is 10.0 Å². The molecule has 0 amide bonds. The second kappa shape index (κ2) is 7.99. The summed E-state index contributed by atoms with van der Waals surface area (Å²) >= 11 is 12.3. The molecule has 4 heteroatoms. The third kappa shape index (κ3) is 4.08. The van der Waals surface area contributed by atoms with E-state index in [1.165, 1.54) is 5.56 Å². The quantitative estimate of drug-likeness (QED) is 0.465. The first-order chi connectivity index (χ1) is 13.2. The molecular weight excluding hydrogens is 375 g/mol. The van der Waals surface area contributed by atoms with Gasteiger partial charge in [0.1, 0.15) is 0 Å². The molecule has 1 heterocycles. The monoisotopic (exact) mass is 392 g/mol. The minimum Gasteiger partial charge on any atom is -0.257 e. The van der Waals surface area contributed by atoms with E-state index in [1.807, 2.05) is 47.5 Å². The second-order valence-electron chi connectivity index (χ2n) is 6.41. The molecule has 1 aliphatic rings. The Kier molecular flexibility index (Phi) is 5.28. The number of allylic oxidation sites excluding steroid dienone is 1. The van der Waals surface area contributed by atoms with Crippen molar-refractivity contribution >= 4 is 40.7 Å². The van der Waals surface area contributed by atoms with Crippen LogP contribution in [-0.2, 0) is 0 Å². The first-order valence-electron chi connectivity index (χ1n) is 8.80. The van der Waals surface area contributed by atoms with Crippen LogP contribution in [0.5, 0.6) is 0 Å². The molecule has 134 valence electrons. The van der Waals surface area contributed by atoms with Gasteiger partial charge >= 0.3 is 0 Å². The lowest BCUT2D eigenvalue weighted by molar-refractivity contribution is 0.709. The van der Waals surface area contributed by atoms with E-state index in [1.54, 1.807) is 0 Å². The summed E-state index contributed by atoms with van der Waals surface area (Å²) in [5.74, 6) is 0. The SMILES string of the molecule is Clc1ccc(N2N=C(/C=C/c3ccccc3)C[C@H]2c2ccccc2)cc1Cl. The zero-order valence-corrected chi connectivity index (χ0v) is 16.1. The highest BCUT2D eigenvalue weighted by atomic mass is 35.5. The van der Waals surface area contributed by atoms with Gasteiger partial charge in [0.05, 0.1) is 27.5 Å². The van der Waals surface area contributed by atoms with Crippen LogP contribution < -0.4 is 5.01 Å². The number of halogens is 2. The average molecular weight is 393 g/mol. The maximum absolute atomic E-state index is 6.24. The smallest absolute Gasteiger partial charge is 0.0831 e. The van der Waals surface area contributed by atoms with Crippen molar-refractivity contribution in [2.24, 2.45) is 5.10 Å². The number of rotatable bonds is 4. The molecule has 27 heavy (non-hydrogen) atoms. The molecule has 0 aliphatic carbocycles. The number of hydrogen-bond donors (Lipinski definition) is 0. The molecule has 0 radical (unpaired) electrons. The number of anilines is 1. The highest BCUT2D eigenvalue weighted by Crippen LogP contribution is 2.37. The highest BCUT2D eigenvalue weighted by Gasteiger charge is 2.28. The third-order valence-corrected chi connectivity index (χ3v) is 5.29. The van der Waals surface area contributed by atoms with Gasteiger partial charge in [0.2, 0.25) is 0 Å². The van der Waals surface area contributed by atoms with E-state index in [2.05, 4.69) is 48.6 Å². The molecule has 0 unspecified atom stereocenters. The average Bonchev–Trinajstić information content (AvgIpc) is 3.14. The molecule has 0 spiro atoms. The van der Waals surface area contributed by atoms with Crippen molar-refractivity contribution in [3.05, 3.63) is 106 Å². The highest BCUT2D eigenvalue weighted by molar-refractivity contribution is 6.42. The van der Waals surface area contributed by atoms with Crippen LogP contribution in [0.1, 0.15) is 23.6 Å². The minimum absolute atomic E-state index is 0.124. The fraction of sp³-hybridized carbons (Fsp3) is 0.0870. The lowest BCUT2D eigenvalue weighted by Gasteiger charge is -2.24. The largest absolute Gasteiger partial charge is 0.257 e. The number of benzene rings is 3. The van der Waals surface area contributed by atoms with Gasteiger partial charge in [0, 0.05) is 6.42 Å². The minimum atomic E-state index is 0.124. The van der Waals surface area contributed by atoms with Crippen molar-refractivity contribution in [1.29, 1.82) is 0 Å². The first kappa shape index (κ1) is 17.8. The molecule has 0 fully saturated rings. The van der Waals surface area contributed by atoms with Gasteiger partial charge in [-0.3, -0.25) is 5.01 Å². The van der Waals surface area contributed by atoms with Crippen molar-refractivity contribution < 1.29 is 0 Å². The molecule has 0 bridgehead atoms. The molecule has 3 aromatic rings. The van der Waals surface area contributed by atoms with Gasteiger partial charge in [0.15, 0.2) is 0 Å². The summed E-state index contributed by atoms with van der Waals surface area (Å²) in [5, 5.41) is 7.97. The van der Waals surface area contributed by atoms with Gasteiger partial charge in [-0.2, -0.15) is 5.10 Å². The van der Waals surface area contributed by atoms with Gasteiger partial charge in [-0.05, 0) is 35.4 Å². The van der Waals surface area contributed by atoms with E-state index < -0.39 is 0 Å². The van der Waals surface area contributed by atoms with E-state index in [4.69, 9.17) is 28.3 Å². The molecule has 0 saturated carbocycles. The van der Waals surface area contributed by atoms with Crippen LogP contribution in [0.25, 0.3) is 6.08 Å². The predicted molar refractivity (Wildman–Crippen MR) is 116 cm³/mol. The Morgan fingerprint density at radius 2 is 1.52 bits per heavy atom. The molecule has 0 aromatic heterocycles. The Labute approximate surface area is 169 Å². The van der Waals surface area contributed by atoms with E-state index in [9.17, 15) is 0 Å². The van der Waals surface area contributed by atoms with Crippen LogP contribution in [0.4, 0.5) is 5.69 Å². The Hall–Kier alpha value is -2.55. The summed E-state index contributed by atoms with van der Waals surface area (Å²) in [4.78, 5) is 0. The summed E-state index contributed by atoms with van der Waals surface area (Å²) in [6, 6.07) is 26.4. The van der Waals surface area contributed by atoms with Gasteiger partial charge in [-0.1, -0.05) is 89.9 Å². The van der Waals surface area contributed by atoms with Gasteiger partial charge in [-0.25, -0.2) is 0 Å². The summed E-state index contributed by atoms with van der Waals surface area (Å²) in [7, 11) is 0. The molecule has 2 nitrogen and oxygen atoms in total. The zero-order chi connectivity index (χ0) is 18.6. The molecule has 3 aromatic carbocycles. The van der Waals surface area contributed by atoms with Crippen molar-refractivity contribution in [2.75, 3.05) is 5.01 Å². The molecule has 0 saturated heterocycles. The molecule has 4 rings (SSSR count). The van der Waals surface area contributed by atoms with E-state index >= 15 is 0 Å². The summed E-state index contributed by atoms with van der Waals surface area (Å²) < 4.78 is 0. The van der Waals surface area contributed by atoms with Crippen molar-refractivity contribution in [3.63, 3.8) is 0 Å². The summed E-state index contributed by atoms with van der Waals surface area (Å²) in [5.41, 5.74) is 4.33. The van der Waals surface area contributed by atoms with Crippen molar-refractivity contribution in [1.82, 2.24) is 0 Å². The number of hydrazone groups is 1. The first-order valence-corrected chi connectivity index (χ1v) is 9.56. The van der Waals surface area contributed by atoms with Gasteiger partial charge in [-0.15, -0.1) is 0 Å². The zero-order valence-electron chi connectivity index (χ0n) is 14.6. The molecule has 1 atom stereocenters. The molecule has 1 aliphatic heterocycles.